The minimum Gasteiger partial charge on any atom is -0.478 e. The van der Waals surface area contributed by atoms with Gasteiger partial charge in [-0.2, -0.15) is 0 Å². The fourth-order valence-corrected chi connectivity index (χ4v) is 2.68. The predicted octanol–water partition coefficient (Wildman–Crippen LogP) is 3.21. The molecule has 3 rings (SSSR count). The maximum absolute atomic E-state index is 11.4. The summed E-state index contributed by atoms with van der Waals surface area (Å²) < 4.78 is 5.63. The van der Waals surface area contributed by atoms with Crippen LogP contribution in [0.3, 0.4) is 0 Å². The van der Waals surface area contributed by atoms with Crippen LogP contribution in [-0.4, -0.2) is 21.0 Å². The third-order valence-corrected chi connectivity index (χ3v) is 3.69. The van der Waals surface area contributed by atoms with E-state index in [1.165, 1.54) is 11.8 Å². The Morgan fingerprint density at radius 1 is 1.30 bits per heavy atom. The van der Waals surface area contributed by atoms with E-state index in [1.54, 1.807) is 36.8 Å². The van der Waals surface area contributed by atoms with Crippen LogP contribution in [0.4, 0.5) is 0 Å². The van der Waals surface area contributed by atoms with Crippen LogP contribution in [0.2, 0.25) is 0 Å². The molecular weight excluding hydrogens is 276 g/mol. The van der Waals surface area contributed by atoms with Gasteiger partial charge in [0.05, 0.1) is 11.9 Å². The Bertz CT molecular complexity index is 755. The lowest BCUT2D eigenvalue weighted by Gasteiger charge is -1.99. The van der Waals surface area contributed by atoms with Gasteiger partial charge in [0.15, 0.2) is 0 Å². The highest BCUT2D eigenvalue weighted by Gasteiger charge is 2.19. The van der Waals surface area contributed by atoms with Crippen LogP contribution in [0.5, 0.6) is 0 Å². The van der Waals surface area contributed by atoms with Crippen molar-refractivity contribution in [3.8, 4) is 0 Å². The molecule has 0 aliphatic carbocycles. The third kappa shape index (κ3) is 2.37. The molecule has 0 saturated heterocycles. The molecule has 2 aromatic heterocycles. The molecule has 0 saturated carbocycles. The van der Waals surface area contributed by atoms with Crippen LogP contribution < -0.4 is 0 Å². The van der Waals surface area contributed by atoms with Crippen molar-refractivity contribution < 1.29 is 14.3 Å². The van der Waals surface area contributed by atoms with E-state index in [2.05, 4.69) is 9.97 Å². The highest BCUT2D eigenvalue weighted by atomic mass is 32.2. The second kappa shape index (κ2) is 5.34. The zero-order valence-electron chi connectivity index (χ0n) is 10.3. The summed E-state index contributed by atoms with van der Waals surface area (Å²) in [4.78, 5) is 19.5. The SMILES string of the molecule is O=C(O)c1c(CSc2cnccn2)oc2ccccc12. The summed E-state index contributed by atoms with van der Waals surface area (Å²) >= 11 is 1.39. The van der Waals surface area contributed by atoms with Gasteiger partial charge in [0, 0.05) is 17.8 Å². The second-order valence-electron chi connectivity index (χ2n) is 4.03. The number of aromatic nitrogens is 2. The number of carboxylic acid groups (broad SMARTS) is 1. The number of benzene rings is 1. The third-order valence-electron chi connectivity index (χ3n) is 2.77. The number of para-hydroxylation sites is 1. The van der Waals surface area contributed by atoms with Crippen molar-refractivity contribution in [2.45, 2.75) is 10.8 Å². The molecule has 0 aliphatic heterocycles. The van der Waals surface area contributed by atoms with E-state index >= 15 is 0 Å². The quantitative estimate of drug-likeness (QED) is 0.742. The van der Waals surface area contributed by atoms with Crippen molar-refractivity contribution in [2.75, 3.05) is 0 Å². The van der Waals surface area contributed by atoms with E-state index in [1.807, 2.05) is 6.07 Å². The summed E-state index contributed by atoms with van der Waals surface area (Å²) in [6, 6.07) is 7.12. The second-order valence-corrected chi connectivity index (χ2v) is 5.03. The number of hydrogen-bond donors (Lipinski definition) is 1. The van der Waals surface area contributed by atoms with Gasteiger partial charge in [0.2, 0.25) is 0 Å². The van der Waals surface area contributed by atoms with Crippen molar-refractivity contribution in [1.29, 1.82) is 0 Å². The molecule has 0 fully saturated rings. The molecule has 0 amide bonds. The van der Waals surface area contributed by atoms with Gasteiger partial charge in [-0.25, -0.2) is 9.78 Å². The molecule has 5 nitrogen and oxygen atoms in total. The van der Waals surface area contributed by atoms with E-state index in [0.717, 1.165) is 5.03 Å². The van der Waals surface area contributed by atoms with Gasteiger partial charge in [0.25, 0.3) is 0 Å². The average Bonchev–Trinajstić information content (AvgIpc) is 2.84. The molecule has 0 spiro atoms. The van der Waals surface area contributed by atoms with Crippen LogP contribution in [0.25, 0.3) is 11.0 Å². The van der Waals surface area contributed by atoms with E-state index < -0.39 is 5.97 Å². The Labute approximate surface area is 118 Å². The summed E-state index contributed by atoms with van der Waals surface area (Å²) in [7, 11) is 0. The molecule has 3 aromatic rings. The molecule has 6 heteroatoms. The Balaban J connectivity index is 1.95. The molecule has 20 heavy (non-hydrogen) atoms. The number of aromatic carboxylic acids is 1. The van der Waals surface area contributed by atoms with Crippen molar-refractivity contribution in [3.63, 3.8) is 0 Å². The molecule has 0 atom stereocenters. The van der Waals surface area contributed by atoms with Gasteiger partial charge in [-0.3, -0.25) is 4.98 Å². The Morgan fingerprint density at radius 2 is 2.15 bits per heavy atom. The minimum absolute atomic E-state index is 0.219. The highest BCUT2D eigenvalue weighted by molar-refractivity contribution is 7.98. The number of hydrogen-bond acceptors (Lipinski definition) is 5. The number of nitrogens with zero attached hydrogens (tertiary/aromatic N) is 2. The molecule has 100 valence electrons. The maximum Gasteiger partial charge on any atom is 0.339 e. The zero-order chi connectivity index (χ0) is 13.9. The van der Waals surface area contributed by atoms with E-state index in [0.29, 0.717) is 22.5 Å². The smallest absolute Gasteiger partial charge is 0.339 e. The molecule has 0 aliphatic rings. The predicted molar refractivity (Wildman–Crippen MR) is 74.8 cm³/mol. The largest absolute Gasteiger partial charge is 0.478 e. The Morgan fingerprint density at radius 3 is 2.90 bits per heavy atom. The summed E-state index contributed by atoms with van der Waals surface area (Å²) in [6.07, 6.45) is 4.82. The lowest BCUT2D eigenvalue weighted by atomic mass is 10.1. The lowest BCUT2D eigenvalue weighted by Crippen LogP contribution is -1.98. The number of rotatable bonds is 4. The fraction of sp³-hybridized carbons (Fsp3) is 0.0714. The molecule has 0 radical (unpaired) electrons. The van der Waals surface area contributed by atoms with Gasteiger partial charge < -0.3 is 9.52 Å². The number of carbonyl (C=O) groups is 1. The number of fused-ring (bicyclic) bond motifs is 1. The van der Waals surface area contributed by atoms with Gasteiger partial charge in [0.1, 0.15) is 21.9 Å². The Kier molecular flexibility index (Phi) is 3.39. The monoisotopic (exact) mass is 286 g/mol. The molecule has 1 aromatic carbocycles. The van der Waals surface area contributed by atoms with Crippen molar-refractivity contribution in [1.82, 2.24) is 9.97 Å². The number of furan rings is 1. The first kappa shape index (κ1) is 12.7. The van der Waals surface area contributed by atoms with Crippen LogP contribution in [0.15, 0.2) is 52.3 Å². The highest BCUT2D eigenvalue weighted by Crippen LogP contribution is 2.30. The van der Waals surface area contributed by atoms with Gasteiger partial charge in [-0.05, 0) is 6.07 Å². The molecule has 0 bridgehead atoms. The standard InChI is InChI=1S/C14H10N2O3S/c17-14(18)13-9-3-1-2-4-10(9)19-11(13)8-20-12-7-15-5-6-16-12/h1-7H,8H2,(H,17,18). The summed E-state index contributed by atoms with van der Waals surface area (Å²) in [5.41, 5.74) is 0.802. The van der Waals surface area contributed by atoms with Crippen LogP contribution in [-0.2, 0) is 5.75 Å². The zero-order valence-corrected chi connectivity index (χ0v) is 11.1. The normalized spacial score (nSPS) is 10.8. The van der Waals surface area contributed by atoms with E-state index in [4.69, 9.17) is 4.42 Å². The Hall–Kier alpha value is -2.34. The van der Waals surface area contributed by atoms with Crippen molar-refractivity contribution >= 4 is 28.7 Å². The van der Waals surface area contributed by atoms with Gasteiger partial charge in [-0.15, -0.1) is 0 Å². The van der Waals surface area contributed by atoms with Crippen molar-refractivity contribution in [3.05, 3.63) is 54.2 Å². The van der Waals surface area contributed by atoms with Gasteiger partial charge in [-0.1, -0.05) is 30.0 Å². The van der Waals surface area contributed by atoms with Crippen LogP contribution in [0, 0.1) is 0 Å². The first-order valence-electron chi connectivity index (χ1n) is 5.88. The topological polar surface area (TPSA) is 76.2 Å². The maximum atomic E-state index is 11.4. The minimum atomic E-state index is -0.982. The lowest BCUT2D eigenvalue weighted by molar-refractivity contribution is 0.0697. The van der Waals surface area contributed by atoms with Gasteiger partial charge >= 0.3 is 5.97 Å². The van der Waals surface area contributed by atoms with Crippen LogP contribution in [0.1, 0.15) is 16.1 Å². The molecule has 0 unspecified atom stereocenters. The summed E-state index contributed by atoms with van der Waals surface area (Å²) in [6.45, 7) is 0. The average molecular weight is 286 g/mol. The van der Waals surface area contributed by atoms with E-state index in [9.17, 15) is 9.90 Å². The molecule has 1 N–H and O–H groups in total. The fourth-order valence-electron chi connectivity index (χ4n) is 1.93. The van der Waals surface area contributed by atoms with E-state index in [-0.39, 0.29) is 5.56 Å². The molecular formula is C14H10N2O3S. The first-order chi connectivity index (χ1) is 9.75. The summed E-state index contributed by atoms with van der Waals surface area (Å²) in [5.74, 6) is -0.145. The van der Waals surface area contributed by atoms with Crippen molar-refractivity contribution in [2.24, 2.45) is 0 Å². The molecule has 2 heterocycles. The first-order valence-corrected chi connectivity index (χ1v) is 6.87. The number of thioether (sulfide) groups is 1. The summed E-state index contributed by atoms with van der Waals surface area (Å²) in [5, 5.41) is 10.7. The van der Waals surface area contributed by atoms with Crippen LogP contribution >= 0.6 is 11.8 Å². The number of carboxylic acids is 1.